The second-order valence-electron chi connectivity index (χ2n) is 7.65. The molecule has 26 heavy (non-hydrogen) atoms. The molecular formula is C20H32IN3O2. The summed E-state index contributed by atoms with van der Waals surface area (Å²) in [5.74, 6) is 2.45. The molecule has 0 aromatic heterocycles. The number of aryl methyl sites for hydroxylation is 1. The minimum absolute atomic E-state index is 0. The third-order valence-corrected chi connectivity index (χ3v) is 5.58. The second-order valence-corrected chi connectivity index (χ2v) is 7.65. The fraction of sp³-hybridized carbons (Fsp3) is 0.650. The van der Waals surface area contributed by atoms with E-state index in [2.05, 4.69) is 42.5 Å². The van der Waals surface area contributed by atoms with E-state index in [1.165, 1.54) is 5.56 Å². The van der Waals surface area contributed by atoms with Crippen LogP contribution in [0.15, 0.2) is 29.3 Å². The van der Waals surface area contributed by atoms with Crippen LogP contribution in [0.4, 0.5) is 0 Å². The van der Waals surface area contributed by atoms with Gasteiger partial charge in [-0.25, -0.2) is 0 Å². The lowest BCUT2D eigenvalue weighted by Crippen LogP contribution is -2.68. The van der Waals surface area contributed by atoms with Gasteiger partial charge in [0.1, 0.15) is 5.75 Å². The minimum atomic E-state index is 0. The molecule has 1 aromatic carbocycles. The molecule has 6 heteroatoms. The molecule has 0 radical (unpaired) electrons. The van der Waals surface area contributed by atoms with E-state index in [4.69, 9.17) is 9.47 Å². The molecule has 1 heterocycles. The van der Waals surface area contributed by atoms with Crippen LogP contribution in [0.25, 0.3) is 0 Å². The first-order chi connectivity index (χ1) is 12.0. The lowest BCUT2D eigenvalue weighted by molar-refractivity contribution is -0.106. The molecule has 2 aliphatic rings. The van der Waals surface area contributed by atoms with Crippen molar-refractivity contribution in [2.45, 2.75) is 45.8 Å². The van der Waals surface area contributed by atoms with Crippen molar-refractivity contribution in [3.8, 4) is 5.75 Å². The van der Waals surface area contributed by atoms with Crippen molar-refractivity contribution in [1.29, 1.82) is 0 Å². The number of guanidine groups is 1. The summed E-state index contributed by atoms with van der Waals surface area (Å²) in [6.45, 7) is 9.05. The maximum atomic E-state index is 5.86. The van der Waals surface area contributed by atoms with Crippen LogP contribution in [0, 0.1) is 18.3 Å². The first kappa shape index (κ1) is 21.3. The van der Waals surface area contributed by atoms with E-state index in [0.717, 1.165) is 37.7 Å². The zero-order valence-electron chi connectivity index (χ0n) is 16.2. The molecule has 2 N–H and O–H groups in total. The van der Waals surface area contributed by atoms with Gasteiger partial charge in [0.25, 0.3) is 0 Å². The van der Waals surface area contributed by atoms with Gasteiger partial charge in [-0.2, -0.15) is 0 Å². The SMILES string of the molecule is CN=C(NCCCOc1ccccc1C)NC1C2CCOC2C1(C)C.I. The highest BCUT2D eigenvalue weighted by atomic mass is 127. The Morgan fingerprint density at radius 2 is 2.12 bits per heavy atom. The van der Waals surface area contributed by atoms with Crippen LogP contribution in [0.3, 0.4) is 0 Å². The monoisotopic (exact) mass is 473 g/mol. The van der Waals surface area contributed by atoms with E-state index >= 15 is 0 Å². The van der Waals surface area contributed by atoms with Crippen molar-refractivity contribution in [2.24, 2.45) is 16.3 Å². The van der Waals surface area contributed by atoms with E-state index in [0.29, 0.717) is 24.7 Å². The van der Waals surface area contributed by atoms with E-state index in [1.807, 2.05) is 25.2 Å². The Morgan fingerprint density at radius 3 is 2.85 bits per heavy atom. The Balaban J connectivity index is 0.00000243. The van der Waals surface area contributed by atoms with Gasteiger partial charge >= 0.3 is 0 Å². The number of aliphatic imine (C=N–C) groups is 1. The lowest BCUT2D eigenvalue weighted by Gasteiger charge is -2.54. The number of nitrogens with zero attached hydrogens (tertiary/aromatic N) is 1. The standard InChI is InChI=1S/C20H31N3O2.HI/c1-14-8-5-6-9-16(14)24-12-7-11-22-19(21-4)23-17-15-10-13-25-18(15)20(17,2)3;/h5-6,8-9,15,17-18H,7,10-13H2,1-4H3,(H2,21,22,23);1H. The van der Waals surface area contributed by atoms with Crippen LogP contribution < -0.4 is 15.4 Å². The topological polar surface area (TPSA) is 54.9 Å². The predicted molar refractivity (Wildman–Crippen MR) is 117 cm³/mol. The Morgan fingerprint density at radius 1 is 1.35 bits per heavy atom. The maximum Gasteiger partial charge on any atom is 0.191 e. The van der Waals surface area contributed by atoms with E-state index < -0.39 is 0 Å². The molecule has 2 fully saturated rings. The minimum Gasteiger partial charge on any atom is -0.493 e. The number of ether oxygens (including phenoxy) is 2. The summed E-state index contributed by atoms with van der Waals surface area (Å²) in [4.78, 5) is 4.37. The molecule has 3 rings (SSSR count). The highest BCUT2D eigenvalue weighted by molar-refractivity contribution is 14.0. The number of benzene rings is 1. The third-order valence-electron chi connectivity index (χ3n) is 5.58. The molecule has 0 spiro atoms. The van der Waals surface area contributed by atoms with Crippen molar-refractivity contribution in [3.05, 3.63) is 29.8 Å². The molecule has 146 valence electrons. The number of hydrogen-bond acceptors (Lipinski definition) is 3. The van der Waals surface area contributed by atoms with Crippen molar-refractivity contribution < 1.29 is 9.47 Å². The average molecular weight is 473 g/mol. The van der Waals surface area contributed by atoms with Crippen LogP contribution in [0.5, 0.6) is 5.75 Å². The summed E-state index contributed by atoms with van der Waals surface area (Å²) in [6, 6.07) is 8.55. The number of para-hydroxylation sites is 1. The van der Waals surface area contributed by atoms with Crippen molar-refractivity contribution in [1.82, 2.24) is 10.6 Å². The van der Waals surface area contributed by atoms with Crippen molar-refractivity contribution in [3.63, 3.8) is 0 Å². The molecule has 0 bridgehead atoms. The average Bonchev–Trinajstić information content (AvgIpc) is 3.06. The Kier molecular flexibility index (Phi) is 7.58. The molecule has 1 saturated heterocycles. The third kappa shape index (κ3) is 4.44. The normalized spacial score (nSPS) is 26.3. The molecule has 1 aliphatic heterocycles. The first-order valence-electron chi connectivity index (χ1n) is 9.31. The summed E-state index contributed by atoms with van der Waals surface area (Å²) in [6.07, 6.45) is 2.47. The van der Waals surface area contributed by atoms with Crippen molar-refractivity contribution >= 4 is 29.9 Å². The van der Waals surface area contributed by atoms with Gasteiger partial charge in [-0.1, -0.05) is 32.0 Å². The Bertz CT molecular complexity index is 621. The highest BCUT2D eigenvalue weighted by Crippen LogP contribution is 2.52. The number of halogens is 1. The molecule has 5 nitrogen and oxygen atoms in total. The number of hydrogen-bond donors (Lipinski definition) is 2. The summed E-state index contributed by atoms with van der Waals surface area (Å²) in [5, 5.41) is 7.01. The number of fused-ring (bicyclic) bond motifs is 1. The van der Waals surface area contributed by atoms with Crippen LogP contribution in [0.1, 0.15) is 32.3 Å². The lowest BCUT2D eigenvalue weighted by atomic mass is 9.57. The molecular weight excluding hydrogens is 441 g/mol. The number of rotatable bonds is 6. The van der Waals surface area contributed by atoms with Gasteiger partial charge in [-0.3, -0.25) is 4.99 Å². The first-order valence-corrected chi connectivity index (χ1v) is 9.31. The van der Waals surface area contributed by atoms with Gasteiger partial charge in [-0.05, 0) is 31.4 Å². The zero-order valence-corrected chi connectivity index (χ0v) is 18.6. The Labute approximate surface area is 174 Å². The van der Waals surface area contributed by atoms with Crippen molar-refractivity contribution in [2.75, 3.05) is 26.8 Å². The van der Waals surface area contributed by atoms with Gasteiger partial charge in [0.15, 0.2) is 5.96 Å². The smallest absolute Gasteiger partial charge is 0.191 e. The fourth-order valence-electron chi connectivity index (χ4n) is 4.14. The van der Waals surface area contributed by atoms with Gasteiger partial charge in [-0.15, -0.1) is 24.0 Å². The number of nitrogens with one attached hydrogen (secondary N) is 2. The molecule has 0 amide bonds. The van der Waals surface area contributed by atoms with Gasteiger partial charge in [0.05, 0.1) is 12.7 Å². The van der Waals surface area contributed by atoms with Gasteiger partial charge < -0.3 is 20.1 Å². The maximum absolute atomic E-state index is 5.86. The predicted octanol–water partition coefficient (Wildman–Crippen LogP) is 3.36. The van der Waals surface area contributed by atoms with Crippen LogP contribution in [-0.2, 0) is 4.74 Å². The van der Waals surface area contributed by atoms with Crippen LogP contribution >= 0.6 is 24.0 Å². The summed E-state index contributed by atoms with van der Waals surface area (Å²) < 4.78 is 11.7. The van der Waals surface area contributed by atoms with Crippen LogP contribution in [0.2, 0.25) is 0 Å². The Hall–Kier alpha value is -1.02. The molecule has 1 aromatic rings. The molecule has 1 saturated carbocycles. The molecule has 3 unspecified atom stereocenters. The summed E-state index contributed by atoms with van der Waals surface area (Å²) in [5.41, 5.74) is 1.33. The van der Waals surface area contributed by atoms with E-state index in [-0.39, 0.29) is 29.4 Å². The van der Waals surface area contributed by atoms with E-state index in [9.17, 15) is 0 Å². The van der Waals surface area contributed by atoms with Gasteiger partial charge in [0, 0.05) is 37.6 Å². The highest BCUT2D eigenvalue weighted by Gasteiger charge is 2.59. The van der Waals surface area contributed by atoms with Crippen LogP contribution in [-0.4, -0.2) is 44.9 Å². The summed E-state index contributed by atoms with van der Waals surface area (Å²) >= 11 is 0. The summed E-state index contributed by atoms with van der Waals surface area (Å²) in [7, 11) is 1.83. The quantitative estimate of drug-likeness (QED) is 0.288. The zero-order chi connectivity index (χ0) is 17.9. The largest absolute Gasteiger partial charge is 0.493 e. The van der Waals surface area contributed by atoms with Gasteiger partial charge in [0.2, 0.25) is 0 Å². The van der Waals surface area contributed by atoms with E-state index in [1.54, 1.807) is 0 Å². The second kappa shape index (κ2) is 9.26. The fourth-order valence-corrected chi connectivity index (χ4v) is 4.14. The molecule has 3 atom stereocenters. The molecule has 1 aliphatic carbocycles.